The molecular weight excluding hydrogens is 498 g/mol. The van der Waals surface area contributed by atoms with E-state index in [0.717, 1.165) is 6.07 Å². The van der Waals surface area contributed by atoms with Crippen LogP contribution in [0.25, 0.3) is 0 Å². The Balaban J connectivity index is 2.65. The number of aliphatic hydroxyl groups excluding tert-OH is 4. The molecule has 0 aliphatic carbocycles. The third-order valence-electron chi connectivity index (χ3n) is 5.95. The van der Waals surface area contributed by atoms with Gasteiger partial charge >= 0.3 is 0 Å². The van der Waals surface area contributed by atoms with Gasteiger partial charge in [0.1, 0.15) is 29.5 Å². The average molecular weight is 524 g/mol. The van der Waals surface area contributed by atoms with Gasteiger partial charge < -0.3 is 30.6 Å². The van der Waals surface area contributed by atoms with E-state index in [1.165, 1.54) is 19.1 Å². The summed E-state index contributed by atoms with van der Waals surface area (Å²) in [6, 6.07) is 2.46. The highest BCUT2D eigenvalue weighted by molar-refractivity contribution is 5.27. The molecule has 2 aromatic rings. The SMILES string of the molecule is C/C=C/CC(O)(Cc1ccc(F)c(F)c1F)[C@@H](O)[C@@](O)(Cc1ccc(F)c(F)c1F)[C@H](O)[C@@H](O)CO. The smallest absolute Gasteiger partial charge is 0.194 e. The van der Waals surface area contributed by atoms with Crippen LogP contribution in [0.1, 0.15) is 24.5 Å². The second-order valence-corrected chi connectivity index (χ2v) is 8.49. The first-order valence-electron chi connectivity index (χ1n) is 10.7. The summed E-state index contributed by atoms with van der Waals surface area (Å²) >= 11 is 0. The lowest BCUT2D eigenvalue weighted by atomic mass is 9.71. The molecule has 6 nitrogen and oxygen atoms in total. The Morgan fingerprint density at radius 1 is 0.778 bits per heavy atom. The monoisotopic (exact) mass is 524 g/mol. The third kappa shape index (κ3) is 5.90. The lowest BCUT2D eigenvalue weighted by Gasteiger charge is -2.46. The summed E-state index contributed by atoms with van der Waals surface area (Å²) in [6.45, 7) is 0.291. The minimum Gasteiger partial charge on any atom is -0.394 e. The topological polar surface area (TPSA) is 121 Å². The van der Waals surface area contributed by atoms with Gasteiger partial charge in [0.2, 0.25) is 0 Å². The summed E-state index contributed by atoms with van der Waals surface area (Å²) in [6.07, 6.45) is -7.59. The highest BCUT2D eigenvalue weighted by Crippen LogP contribution is 2.36. The van der Waals surface area contributed by atoms with Crippen molar-refractivity contribution in [2.24, 2.45) is 0 Å². The summed E-state index contributed by atoms with van der Waals surface area (Å²) in [5.74, 6) is -10.5. The minimum atomic E-state index is -3.18. The van der Waals surface area contributed by atoms with Gasteiger partial charge in [0.05, 0.1) is 6.61 Å². The van der Waals surface area contributed by atoms with Crippen molar-refractivity contribution < 1.29 is 57.0 Å². The first-order chi connectivity index (χ1) is 16.7. The van der Waals surface area contributed by atoms with E-state index in [-0.39, 0.29) is 0 Å². The predicted molar refractivity (Wildman–Crippen MR) is 114 cm³/mol. The van der Waals surface area contributed by atoms with Gasteiger partial charge in [-0.2, -0.15) is 0 Å². The van der Waals surface area contributed by atoms with Crippen LogP contribution in [-0.2, 0) is 12.8 Å². The maximum atomic E-state index is 14.4. The summed E-state index contributed by atoms with van der Waals surface area (Å²) < 4.78 is 83.0. The zero-order valence-corrected chi connectivity index (χ0v) is 19.0. The van der Waals surface area contributed by atoms with Crippen LogP contribution in [0.5, 0.6) is 0 Å². The Bertz CT molecular complexity index is 1100. The van der Waals surface area contributed by atoms with Gasteiger partial charge in [0, 0.05) is 12.8 Å². The van der Waals surface area contributed by atoms with Crippen molar-refractivity contribution in [3.8, 4) is 0 Å². The van der Waals surface area contributed by atoms with Crippen molar-refractivity contribution in [2.45, 2.75) is 55.7 Å². The summed E-state index contributed by atoms with van der Waals surface area (Å²) in [7, 11) is 0. The molecule has 1 unspecified atom stereocenters. The third-order valence-corrected chi connectivity index (χ3v) is 5.95. The van der Waals surface area contributed by atoms with E-state index in [1.807, 2.05) is 0 Å². The fourth-order valence-electron chi connectivity index (χ4n) is 3.90. The molecule has 0 saturated carbocycles. The van der Waals surface area contributed by atoms with Crippen molar-refractivity contribution in [3.05, 3.63) is 82.4 Å². The van der Waals surface area contributed by atoms with E-state index in [0.29, 0.717) is 18.2 Å². The van der Waals surface area contributed by atoms with E-state index in [9.17, 15) is 57.0 Å². The lowest BCUT2D eigenvalue weighted by molar-refractivity contribution is -0.228. The molecule has 6 N–H and O–H groups in total. The zero-order valence-electron chi connectivity index (χ0n) is 19.0. The Hall–Kier alpha value is -2.48. The van der Waals surface area contributed by atoms with Gasteiger partial charge in [-0.05, 0) is 36.6 Å². The van der Waals surface area contributed by atoms with E-state index < -0.39 is 101 Å². The highest BCUT2D eigenvalue weighted by Gasteiger charge is 2.54. The summed E-state index contributed by atoms with van der Waals surface area (Å²) in [4.78, 5) is 0. The fourth-order valence-corrected chi connectivity index (χ4v) is 3.90. The molecule has 0 bridgehead atoms. The van der Waals surface area contributed by atoms with E-state index in [2.05, 4.69) is 0 Å². The molecular formula is C24H26F6O6. The number of rotatable bonds is 11. The first-order valence-corrected chi connectivity index (χ1v) is 10.7. The molecule has 2 aromatic carbocycles. The molecule has 2 rings (SSSR count). The Morgan fingerprint density at radius 2 is 1.25 bits per heavy atom. The van der Waals surface area contributed by atoms with Crippen molar-refractivity contribution in [1.82, 2.24) is 0 Å². The molecule has 12 heteroatoms. The summed E-state index contributed by atoms with van der Waals surface area (Å²) in [5.41, 5.74) is -7.33. The molecule has 0 radical (unpaired) electrons. The quantitative estimate of drug-likeness (QED) is 0.152. The van der Waals surface area contributed by atoms with Crippen LogP contribution in [0.3, 0.4) is 0 Å². The van der Waals surface area contributed by atoms with E-state index in [1.54, 1.807) is 0 Å². The van der Waals surface area contributed by atoms with Gasteiger partial charge in [-0.3, -0.25) is 0 Å². The Morgan fingerprint density at radius 3 is 1.69 bits per heavy atom. The molecule has 0 spiro atoms. The van der Waals surface area contributed by atoms with Crippen LogP contribution in [0.4, 0.5) is 26.3 Å². The molecule has 200 valence electrons. The maximum Gasteiger partial charge on any atom is 0.194 e. The van der Waals surface area contributed by atoms with Crippen LogP contribution < -0.4 is 0 Å². The van der Waals surface area contributed by atoms with Gasteiger partial charge in [0.25, 0.3) is 0 Å². The number of aliphatic hydroxyl groups is 6. The van der Waals surface area contributed by atoms with Crippen LogP contribution >= 0.6 is 0 Å². The Labute approximate surface area is 202 Å². The van der Waals surface area contributed by atoms with Crippen molar-refractivity contribution in [3.63, 3.8) is 0 Å². The second kappa shape index (κ2) is 11.7. The fraction of sp³-hybridized carbons (Fsp3) is 0.417. The van der Waals surface area contributed by atoms with E-state index >= 15 is 0 Å². The number of hydrogen-bond acceptors (Lipinski definition) is 6. The normalized spacial score (nSPS) is 18.0. The average Bonchev–Trinajstić information content (AvgIpc) is 2.86. The largest absolute Gasteiger partial charge is 0.394 e. The van der Waals surface area contributed by atoms with E-state index in [4.69, 9.17) is 0 Å². The molecule has 0 fully saturated rings. The summed E-state index contributed by atoms with van der Waals surface area (Å²) in [5, 5.41) is 63.5. The maximum absolute atomic E-state index is 14.4. The zero-order chi connectivity index (χ0) is 27.4. The van der Waals surface area contributed by atoms with Gasteiger partial charge in [-0.15, -0.1) is 0 Å². The van der Waals surface area contributed by atoms with Crippen LogP contribution in [0, 0.1) is 34.9 Å². The highest BCUT2D eigenvalue weighted by atomic mass is 19.2. The second-order valence-electron chi connectivity index (χ2n) is 8.49. The molecule has 0 aromatic heterocycles. The van der Waals surface area contributed by atoms with Crippen LogP contribution in [0.2, 0.25) is 0 Å². The molecule has 0 aliphatic heterocycles. The van der Waals surface area contributed by atoms with Gasteiger partial charge in [-0.25, -0.2) is 26.3 Å². The first kappa shape index (κ1) is 29.7. The number of benzene rings is 2. The van der Waals surface area contributed by atoms with Gasteiger partial charge in [0.15, 0.2) is 34.9 Å². The molecule has 0 saturated heterocycles. The number of allylic oxidation sites excluding steroid dienone is 1. The van der Waals surface area contributed by atoms with Crippen molar-refractivity contribution in [2.75, 3.05) is 6.61 Å². The van der Waals surface area contributed by atoms with Crippen molar-refractivity contribution >= 4 is 0 Å². The Kier molecular flexibility index (Phi) is 9.68. The van der Waals surface area contributed by atoms with Crippen molar-refractivity contribution in [1.29, 1.82) is 0 Å². The predicted octanol–water partition coefficient (Wildman–Crippen LogP) is 1.81. The molecule has 0 heterocycles. The minimum absolute atomic E-state index is 0.484. The molecule has 0 amide bonds. The van der Waals surface area contributed by atoms with Gasteiger partial charge in [-0.1, -0.05) is 24.3 Å². The molecule has 5 atom stereocenters. The molecule has 36 heavy (non-hydrogen) atoms. The number of halogens is 6. The molecule has 0 aliphatic rings. The van der Waals surface area contributed by atoms with Crippen LogP contribution in [-0.4, -0.2) is 66.8 Å². The lowest BCUT2D eigenvalue weighted by Crippen LogP contribution is -2.66. The van der Waals surface area contributed by atoms with Crippen LogP contribution in [0.15, 0.2) is 36.4 Å². The number of hydrogen-bond donors (Lipinski definition) is 6. The standard InChI is InChI=1S/C24H26F6O6/c1-2-3-8-23(35,9-12-4-6-14(25)19(29)17(12)27)22(34)24(36,21(33)16(32)11-31)10-13-5-7-15(26)20(30)18(13)28/h2-7,16,21-22,31-36H,8-11H2,1H3/b3-2+/t16-,21+,22+,23?,24+/m0/s1.